The molecule has 0 spiro atoms. The van der Waals surface area contributed by atoms with Gasteiger partial charge in [-0.1, -0.05) is 32.4 Å². The molecule has 142 valence electrons. The molecule has 3 fully saturated rings. The first-order chi connectivity index (χ1) is 11.9. The van der Waals surface area contributed by atoms with Crippen molar-refractivity contribution in [1.29, 1.82) is 0 Å². The molecule has 6 atom stereocenters. The van der Waals surface area contributed by atoms with Crippen LogP contribution in [0.5, 0.6) is 0 Å². The summed E-state index contributed by atoms with van der Waals surface area (Å²) >= 11 is 0. The van der Waals surface area contributed by atoms with Crippen molar-refractivity contribution in [2.24, 2.45) is 33.5 Å². The molecule has 0 aromatic heterocycles. The van der Waals surface area contributed by atoms with Crippen LogP contribution in [-0.4, -0.2) is 28.6 Å². The van der Waals surface area contributed by atoms with E-state index in [9.17, 15) is 19.5 Å². The van der Waals surface area contributed by atoms with Crippen LogP contribution in [0.3, 0.4) is 0 Å². The molecular formula is C22H30O4. The molecule has 0 aromatic carbocycles. The predicted molar refractivity (Wildman–Crippen MR) is 97.3 cm³/mol. The first-order valence-corrected chi connectivity index (χ1v) is 9.86. The van der Waals surface area contributed by atoms with Gasteiger partial charge in [-0.2, -0.15) is 0 Å². The van der Waals surface area contributed by atoms with Crippen LogP contribution in [0.4, 0.5) is 0 Å². The fourth-order valence-corrected chi connectivity index (χ4v) is 7.14. The third-order valence-electron chi connectivity index (χ3n) is 8.95. The fourth-order valence-electron chi connectivity index (χ4n) is 7.14. The Hall–Kier alpha value is -1.29. The first kappa shape index (κ1) is 18.1. The molecule has 0 heterocycles. The molecule has 0 amide bonds. The molecule has 0 bridgehead atoms. The highest BCUT2D eigenvalue weighted by molar-refractivity contribution is 5.95. The van der Waals surface area contributed by atoms with Crippen molar-refractivity contribution < 1.29 is 19.5 Å². The van der Waals surface area contributed by atoms with E-state index in [1.807, 2.05) is 20.8 Å². The second kappa shape index (κ2) is 4.95. The normalized spacial score (nSPS) is 50.0. The van der Waals surface area contributed by atoms with Crippen molar-refractivity contribution in [3.05, 3.63) is 11.6 Å². The van der Waals surface area contributed by atoms with Crippen LogP contribution in [0.15, 0.2) is 11.6 Å². The number of Topliss-reactive ketones (excluding diaryl/α,β-unsaturated/α-hetero) is 3. The van der Waals surface area contributed by atoms with Crippen LogP contribution < -0.4 is 0 Å². The molecule has 4 aliphatic rings. The number of ketones is 3. The van der Waals surface area contributed by atoms with Crippen molar-refractivity contribution in [2.75, 3.05) is 0 Å². The van der Waals surface area contributed by atoms with E-state index in [0.29, 0.717) is 25.7 Å². The van der Waals surface area contributed by atoms with Crippen LogP contribution in [0.25, 0.3) is 0 Å². The number of allylic oxidation sites excluding steroid dienone is 2. The summed E-state index contributed by atoms with van der Waals surface area (Å²) in [7, 11) is 0. The molecule has 4 nitrogen and oxygen atoms in total. The van der Waals surface area contributed by atoms with E-state index >= 15 is 0 Å². The summed E-state index contributed by atoms with van der Waals surface area (Å²) in [5, 5.41) is 10.4. The molecule has 3 saturated carbocycles. The molecule has 4 aliphatic carbocycles. The number of fused-ring (bicyclic) bond motifs is 5. The van der Waals surface area contributed by atoms with Crippen LogP contribution >= 0.6 is 0 Å². The van der Waals surface area contributed by atoms with E-state index in [2.05, 4.69) is 19.9 Å². The minimum absolute atomic E-state index is 0.0812. The monoisotopic (exact) mass is 358 g/mol. The standard InChI is InChI=1S/C22H30O4/c1-19(2)13-6-7-16-21(4)10-12(23)9-20(21,3)11-17(25)22(16,5)14(13)8-15(24)18(19)26/h6,14-16,24H,7-11H2,1-5H3/t14-,15+,16+,20+,21+,22+/m1/s1. The molecule has 0 aliphatic heterocycles. The first-order valence-electron chi connectivity index (χ1n) is 9.86. The SMILES string of the molecule is CC1(C)C(=O)[C@@H](O)C[C@@H]2C1=CC[C@@H]1[C@@]2(C)C(=O)C[C@]2(C)CC(=O)C[C@@]12C. The highest BCUT2D eigenvalue weighted by atomic mass is 16.3. The Labute approximate surface area is 155 Å². The highest BCUT2D eigenvalue weighted by Gasteiger charge is 2.69. The number of hydrogen-bond donors (Lipinski definition) is 1. The van der Waals surface area contributed by atoms with Gasteiger partial charge in [-0.3, -0.25) is 14.4 Å². The van der Waals surface area contributed by atoms with Crippen molar-refractivity contribution >= 4 is 17.3 Å². The minimum Gasteiger partial charge on any atom is -0.385 e. The average Bonchev–Trinajstić information content (AvgIpc) is 2.75. The smallest absolute Gasteiger partial charge is 0.170 e. The lowest BCUT2D eigenvalue weighted by Crippen LogP contribution is -2.63. The van der Waals surface area contributed by atoms with Crippen LogP contribution in [0.1, 0.15) is 66.7 Å². The molecule has 4 heteroatoms. The van der Waals surface area contributed by atoms with E-state index < -0.39 is 16.9 Å². The lowest BCUT2D eigenvalue weighted by Gasteiger charge is -2.63. The van der Waals surface area contributed by atoms with Crippen LogP contribution in [0, 0.1) is 33.5 Å². The van der Waals surface area contributed by atoms with Gasteiger partial charge >= 0.3 is 0 Å². The second-order valence-corrected chi connectivity index (χ2v) is 10.5. The van der Waals surface area contributed by atoms with Gasteiger partial charge in [0, 0.05) is 30.1 Å². The van der Waals surface area contributed by atoms with Crippen molar-refractivity contribution in [3.8, 4) is 0 Å². The van der Waals surface area contributed by atoms with Crippen molar-refractivity contribution in [1.82, 2.24) is 0 Å². The average molecular weight is 358 g/mol. The maximum absolute atomic E-state index is 13.5. The maximum atomic E-state index is 13.5. The zero-order valence-electron chi connectivity index (χ0n) is 16.5. The number of carbonyl (C=O) groups is 3. The zero-order valence-corrected chi connectivity index (χ0v) is 16.5. The topological polar surface area (TPSA) is 71.4 Å². The quantitative estimate of drug-likeness (QED) is 0.675. The summed E-state index contributed by atoms with van der Waals surface area (Å²) in [5.74, 6) is 0.301. The Morgan fingerprint density at radius 3 is 2.31 bits per heavy atom. The largest absolute Gasteiger partial charge is 0.385 e. The van der Waals surface area contributed by atoms with Crippen molar-refractivity contribution in [3.63, 3.8) is 0 Å². The zero-order chi connectivity index (χ0) is 19.3. The summed E-state index contributed by atoms with van der Waals surface area (Å²) in [6.45, 7) is 10.1. The third-order valence-corrected chi connectivity index (χ3v) is 8.95. The summed E-state index contributed by atoms with van der Waals surface area (Å²) in [6, 6.07) is 0. The van der Waals surface area contributed by atoms with Crippen molar-refractivity contribution in [2.45, 2.75) is 72.8 Å². The van der Waals surface area contributed by atoms with Gasteiger partial charge in [0.1, 0.15) is 17.7 Å². The van der Waals surface area contributed by atoms with Gasteiger partial charge in [-0.05, 0) is 49.4 Å². The Morgan fingerprint density at radius 1 is 1.00 bits per heavy atom. The summed E-state index contributed by atoms with van der Waals surface area (Å²) in [6.07, 6.45) is 3.67. The summed E-state index contributed by atoms with van der Waals surface area (Å²) in [4.78, 5) is 38.4. The Kier molecular flexibility index (Phi) is 3.44. The molecule has 0 radical (unpaired) electrons. The number of aliphatic hydroxyl groups is 1. The van der Waals surface area contributed by atoms with E-state index in [4.69, 9.17) is 0 Å². The number of hydrogen-bond acceptors (Lipinski definition) is 4. The summed E-state index contributed by atoms with van der Waals surface area (Å²) in [5.41, 5.74) is -0.789. The number of carbonyl (C=O) groups excluding carboxylic acids is 3. The number of rotatable bonds is 0. The second-order valence-electron chi connectivity index (χ2n) is 10.5. The third kappa shape index (κ3) is 1.87. The van der Waals surface area contributed by atoms with E-state index in [-0.39, 0.29) is 40.0 Å². The Bertz CT molecular complexity index is 762. The maximum Gasteiger partial charge on any atom is 0.170 e. The van der Waals surface area contributed by atoms with Gasteiger partial charge in [-0.15, -0.1) is 0 Å². The van der Waals surface area contributed by atoms with Crippen LogP contribution in [-0.2, 0) is 14.4 Å². The van der Waals surface area contributed by atoms with E-state index in [1.54, 1.807) is 0 Å². The van der Waals surface area contributed by atoms with Gasteiger partial charge in [-0.25, -0.2) is 0 Å². The number of aliphatic hydroxyl groups excluding tert-OH is 1. The van der Waals surface area contributed by atoms with Gasteiger partial charge in [0.2, 0.25) is 0 Å². The molecule has 26 heavy (non-hydrogen) atoms. The Balaban J connectivity index is 1.88. The lowest BCUT2D eigenvalue weighted by atomic mass is 9.39. The van der Waals surface area contributed by atoms with Gasteiger partial charge < -0.3 is 5.11 Å². The van der Waals surface area contributed by atoms with Gasteiger partial charge in [0.15, 0.2) is 5.78 Å². The van der Waals surface area contributed by atoms with Crippen LogP contribution in [0.2, 0.25) is 0 Å². The van der Waals surface area contributed by atoms with E-state index in [0.717, 1.165) is 12.0 Å². The highest BCUT2D eigenvalue weighted by Crippen LogP contribution is 2.70. The molecule has 0 saturated heterocycles. The minimum atomic E-state index is -1.01. The van der Waals surface area contributed by atoms with Gasteiger partial charge in [0.05, 0.1) is 0 Å². The molecule has 4 rings (SSSR count). The molecule has 0 unspecified atom stereocenters. The van der Waals surface area contributed by atoms with E-state index in [1.165, 1.54) is 0 Å². The molecule has 1 N–H and O–H groups in total. The predicted octanol–water partition coefficient (Wildman–Crippen LogP) is 3.26. The fraction of sp³-hybridized carbons (Fsp3) is 0.773. The van der Waals surface area contributed by atoms with Gasteiger partial charge in [0.25, 0.3) is 0 Å². The molecule has 0 aromatic rings. The Morgan fingerprint density at radius 2 is 1.65 bits per heavy atom. The lowest BCUT2D eigenvalue weighted by molar-refractivity contribution is -0.168. The summed E-state index contributed by atoms with van der Waals surface area (Å²) < 4.78 is 0. The molecular weight excluding hydrogens is 328 g/mol.